The lowest BCUT2D eigenvalue weighted by atomic mass is 9.83. The summed E-state index contributed by atoms with van der Waals surface area (Å²) in [6, 6.07) is 4.79. The van der Waals surface area contributed by atoms with Gasteiger partial charge in [0, 0.05) is 16.4 Å². The Bertz CT molecular complexity index is 392. The van der Waals surface area contributed by atoms with Gasteiger partial charge in [-0.3, -0.25) is 0 Å². The maximum Gasteiger partial charge on any atom is 0.123 e. The number of hydrogen-bond acceptors (Lipinski definition) is 1. The minimum absolute atomic E-state index is 0.0632. The maximum atomic E-state index is 13.2. The number of rotatable bonds is 6. The summed E-state index contributed by atoms with van der Waals surface area (Å²) in [5.74, 6) is -0.196. The topological polar surface area (TPSA) is 12.0 Å². The van der Waals surface area contributed by atoms with Gasteiger partial charge in [-0.05, 0) is 36.7 Å². The van der Waals surface area contributed by atoms with Gasteiger partial charge in [0.25, 0.3) is 0 Å². The summed E-state index contributed by atoms with van der Waals surface area (Å²) < 4.78 is 14.2. The van der Waals surface area contributed by atoms with E-state index in [1.54, 1.807) is 12.1 Å². The Hall–Kier alpha value is -0.670. The second-order valence-electron chi connectivity index (χ2n) is 4.55. The normalized spacial score (nSPS) is 14.4. The molecule has 94 valence electrons. The van der Waals surface area contributed by atoms with Crippen molar-refractivity contribution in [3.8, 4) is 0 Å². The van der Waals surface area contributed by atoms with Crippen LogP contribution in [-0.4, -0.2) is 13.1 Å². The van der Waals surface area contributed by atoms with Gasteiger partial charge in [-0.25, -0.2) is 4.39 Å². The Labute approximate surface area is 111 Å². The Balaban J connectivity index is 2.86. The van der Waals surface area contributed by atoms with Crippen molar-refractivity contribution in [2.45, 2.75) is 20.3 Å². The molecule has 0 aliphatic carbocycles. The zero-order valence-corrected chi connectivity index (χ0v) is 12.0. The Kier molecular flexibility index (Phi) is 5.34. The van der Waals surface area contributed by atoms with Crippen molar-refractivity contribution >= 4 is 15.9 Å². The SMILES string of the molecule is C=CC(C)(CNCC)Cc1cc(F)ccc1Br. The molecule has 0 aliphatic rings. The smallest absolute Gasteiger partial charge is 0.123 e. The molecule has 1 rings (SSSR count). The van der Waals surface area contributed by atoms with Gasteiger partial charge in [-0.15, -0.1) is 6.58 Å². The molecule has 1 aromatic rings. The van der Waals surface area contributed by atoms with Crippen molar-refractivity contribution in [3.05, 3.63) is 46.7 Å². The third kappa shape index (κ3) is 4.25. The fourth-order valence-corrected chi connectivity index (χ4v) is 2.12. The summed E-state index contributed by atoms with van der Waals surface area (Å²) in [6.45, 7) is 9.85. The molecule has 0 heterocycles. The second-order valence-corrected chi connectivity index (χ2v) is 5.41. The standard InChI is InChI=1S/C14H19BrFN/c1-4-14(3,10-17-5-2)9-11-8-12(16)6-7-13(11)15/h4,6-8,17H,1,5,9-10H2,2-3H3. The van der Waals surface area contributed by atoms with Crippen LogP contribution in [0.3, 0.4) is 0 Å². The van der Waals surface area contributed by atoms with Gasteiger partial charge in [0.1, 0.15) is 5.82 Å². The van der Waals surface area contributed by atoms with Crippen LogP contribution in [0.1, 0.15) is 19.4 Å². The predicted molar refractivity (Wildman–Crippen MR) is 74.7 cm³/mol. The highest BCUT2D eigenvalue weighted by molar-refractivity contribution is 9.10. The average Bonchev–Trinajstić information content (AvgIpc) is 2.31. The monoisotopic (exact) mass is 299 g/mol. The molecule has 0 fully saturated rings. The van der Waals surface area contributed by atoms with E-state index in [0.717, 1.165) is 29.5 Å². The summed E-state index contributed by atoms with van der Waals surface area (Å²) >= 11 is 3.46. The van der Waals surface area contributed by atoms with Crippen molar-refractivity contribution in [2.75, 3.05) is 13.1 Å². The van der Waals surface area contributed by atoms with Gasteiger partial charge in [0.2, 0.25) is 0 Å². The number of halogens is 2. The van der Waals surface area contributed by atoms with Crippen LogP contribution in [-0.2, 0) is 6.42 Å². The highest BCUT2D eigenvalue weighted by Gasteiger charge is 2.21. The van der Waals surface area contributed by atoms with Gasteiger partial charge >= 0.3 is 0 Å². The summed E-state index contributed by atoms with van der Waals surface area (Å²) in [7, 11) is 0. The van der Waals surface area contributed by atoms with E-state index < -0.39 is 0 Å². The molecule has 0 spiro atoms. The quantitative estimate of drug-likeness (QED) is 0.785. The van der Waals surface area contributed by atoms with E-state index in [9.17, 15) is 4.39 Å². The Morgan fingerprint density at radius 2 is 2.24 bits per heavy atom. The van der Waals surface area contributed by atoms with E-state index in [4.69, 9.17) is 0 Å². The molecule has 0 aromatic heterocycles. The van der Waals surface area contributed by atoms with Crippen molar-refractivity contribution in [1.29, 1.82) is 0 Å². The first kappa shape index (κ1) is 14.4. The molecule has 1 N–H and O–H groups in total. The molecule has 1 nitrogen and oxygen atoms in total. The van der Waals surface area contributed by atoms with E-state index in [1.807, 2.05) is 6.08 Å². The third-order valence-corrected chi connectivity index (χ3v) is 3.65. The zero-order chi connectivity index (χ0) is 12.9. The highest BCUT2D eigenvalue weighted by Crippen LogP contribution is 2.28. The van der Waals surface area contributed by atoms with Gasteiger partial charge in [-0.2, -0.15) is 0 Å². The van der Waals surface area contributed by atoms with Gasteiger partial charge in [-0.1, -0.05) is 35.9 Å². The Morgan fingerprint density at radius 3 is 2.82 bits per heavy atom. The predicted octanol–water partition coefficient (Wildman–Crippen LogP) is 3.93. The molecule has 0 bridgehead atoms. The molecule has 0 amide bonds. The van der Waals surface area contributed by atoms with Gasteiger partial charge in [0.15, 0.2) is 0 Å². The number of hydrogen-bond donors (Lipinski definition) is 1. The molecule has 0 saturated carbocycles. The van der Waals surface area contributed by atoms with Gasteiger partial charge < -0.3 is 5.32 Å². The van der Waals surface area contributed by atoms with E-state index in [-0.39, 0.29) is 11.2 Å². The summed E-state index contributed by atoms with van der Waals surface area (Å²) in [4.78, 5) is 0. The molecule has 17 heavy (non-hydrogen) atoms. The molecule has 0 radical (unpaired) electrons. The number of nitrogens with one attached hydrogen (secondary N) is 1. The largest absolute Gasteiger partial charge is 0.316 e. The van der Waals surface area contributed by atoms with Crippen molar-refractivity contribution in [1.82, 2.24) is 5.32 Å². The van der Waals surface area contributed by atoms with Crippen LogP contribution in [0, 0.1) is 11.2 Å². The molecule has 1 unspecified atom stereocenters. The van der Waals surface area contributed by atoms with Crippen molar-refractivity contribution in [2.24, 2.45) is 5.41 Å². The molecular weight excluding hydrogens is 281 g/mol. The molecular formula is C14H19BrFN. The second kappa shape index (κ2) is 6.31. The van der Waals surface area contributed by atoms with E-state index in [0.29, 0.717) is 0 Å². The lowest BCUT2D eigenvalue weighted by Crippen LogP contribution is -2.32. The van der Waals surface area contributed by atoms with Crippen LogP contribution in [0.25, 0.3) is 0 Å². The first-order valence-electron chi connectivity index (χ1n) is 5.79. The molecule has 0 saturated heterocycles. The fraction of sp³-hybridized carbons (Fsp3) is 0.429. The van der Waals surface area contributed by atoms with Crippen LogP contribution in [0.4, 0.5) is 4.39 Å². The third-order valence-electron chi connectivity index (χ3n) is 2.87. The Morgan fingerprint density at radius 1 is 1.53 bits per heavy atom. The van der Waals surface area contributed by atoms with Crippen LogP contribution >= 0.6 is 15.9 Å². The first-order valence-corrected chi connectivity index (χ1v) is 6.58. The summed E-state index contributed by atoms with van der Waals surface area (Å²) in [6.07, 6.45) is 2.70. The van der Waals surface area contributed by atoms with Crippen LogP contribution in [0.2, 0.25) is 0 Å². The molecule has 3 heteroatoms. The average molecular weight is 300 g/mol. The van der Waals surface area contributed by atoms with Crippen LogP contribution < -0.4 is 5.32 Å². The lowest BCUT2D eigenvalue weighted by Gasteiger charge is -2.26. The van der Waals surface area contributed by atoms with Crippen LogP contribution in [0.5, 0.6) is 0 Å². The minimum Gasteiger partial charge on any atom is -0.316 e. The van der Waals surface area contributed by atoms with E-state index in [1.165, 1.54) is 6.07 Å². The van der Waals surface area contributed by atoms with E-state index in [2.05, 4.69) is 41.7 Å². The molecule has 1 aromatic carbocycles. The summed E-state index contributed by atoms with van der Waals surface area (Å²) in [5.41, 5.74) is 0.914. The first-order chi connectivity index (χ1) is 8.00. The molecule has 1 atom stereocenters. The van der Waals surface area contributed by atoms with Gasteiger partial charge in [0.05, 0.1) is 0 Å². The van der Waals surface area contributed by atoms with E-state index >= 15 is 0 Å². The zero-order valence-electron chi connectivity index (χ0n) is 10.4. The summed E-state index contributed by atoms with van der Waals surface area (Å²) in [5, 5.41) is 3.31. The molecule has 0 aliphatic heterocycles. The lowest BCUT2D eigenvalue weighted by molar-refractivity contribution is 0.394. The minimum atomic E-state index is -0.196. The number of benzene rings is 1. The van der Waals surface area contributed by atoms with Crippen molar-refractivity contribution < 1.29 is 4.39 Å². The highest BCUT2D eigenvalue weighted by atomic mass is 79.9. The van der Waals surface area contributed by atoms with Crippen LogP contribution in [0.15, 0.2) is 35.3 Å². The maximum absolute atomic E-state index is 13.2. The fourth-order valence-electron chi connectivity index (χ4n) is 1.73. The van der Waals surface area contributed by atoms with Crippen molar-refractivity contribution in [3.63, 3.8) is 0 Å².